The van der Waals surface area contributed by atoms with Crippen LogP contribution in [0.1, 0.15) is 15.4 Å². The largest absolute Gasteiger partial charge is 0.486 e. The van der Waals surface area contributed by atoms with Crippen LogP contribution in [0.4, 0.5) is 10.8 Å². The maximum atomic E-state index is 12.2. The predicted octanol–water partition coefficient (Wildman–Crippen LogP) is 3.93. The van der Waals surface area contributed by atoms with Crippen molar-refractivity contribution in [2.45, 2.75) is 6.61 Å². The quantitative estimate of drug-likeness (QED) is 0.504. The average Bonchev–Trinajstić information content (AvgIpc) is 3.08. The van der Waals surface area contributed by atoms with Gasteiger partial charge in [-0.05, 0) is 30.3 Å². The molecule has 132 valence electrons. The average molecular weight is 391 g/mol. The summed E-state index contributed by atoms with van der Waals surface area (Å²) in [7, 11) is 0. The number of ether oxygens (including phenoxy) is 1. The molecule has 26 heavy (non-hydrogen) atoms. The number of aromatic nitrogens is 2. The third-order valence-corrected chi connectivity index (χ3v) is 4.25. The van der Waals surface area contributed by atoms with Crippen LogP contribution < -0.4 is 10.1 Å². The van der Waals surface area contributed by atoms with Crippen molar-refractivity contribution in [2.75, 3.05) is 5.32 Å². The van der Waals surface area contributed by atoms with Crippen LogP contribution in [-0.2, 0) is 6.61 Å². The first kappa shape index (κ1) is 17.8. The second-order valence-electron chi connectivity index (χ2n) is 5.01. The van der Waals surface area contributed by atoms with Gasteiger partial charge in [0.2, 0.25) is 5.13 Å². The smallest absolute Gasteiger partial charge is 0.270 e. The topological polar surface area (TPSA) is 107 Å². The number of rotatable bonds is 6. The van der Waals surface area contributed by atoms with Gasteiger partial charge in [0.05, 0.1) is 4.92 Å². The van der Waals surface area contributed by atoms with Crippen LogP contribution in [0.2, 0.25) is 5.02 Å². The zero-order valence-corrected chi connectivity index (χ0v) is 14.7. The Morgan fingerprint density at radius 3 is 2.73 bits per heavy atom. The normalized spacial score (nSPS) is 10.3. The van der Waals surface area contributed by atoms with Crippen LogP contribution >= 0.6 is 22.9 Å². The van der Waals surface area contributed by atoms with Gasteiger partial charge in [0.25, 0.3) is 11.6 Å². The van der Waals surface area contributed by atoms with Crippen molar-refractivity contribution in [3.05, 3.63) is 74.2 Å². The number of nitro groups is 1. The maximum absolute atomic E-state index is 12.2. The molecular formula is C16H11ClN4O4S. The fraction of sp³-hybridized carbons (Fsp3) is 0.0625. The number of amides is 1. The number of non-ortho nitro benzene ring substituents is 1. The molecule has 3 rings (SSSR count). The summed E-state index contributed by atoms with van der Waals surface area (Å²) < 4.78 is 5.55. The van der Waals surface area contributed by atoms with Crippen LogP contribution in [0.5, 0.6) is 5.75 Å². The van der Waals surface area contributed by atoms with Gasteiger partial charge >= 0.3 is 0 Å². The lowest BCUT2D eigenvalue weighted by Crippen LogP contribution is -2.11. The summed E-state index contributed by atoms with van der Waals surface area (Å²) >= 11 is 6.95. The van der Waals surface area contributed by atoms with E-state index in [1.807, 2.05) is 0 Å². The van der Waals surface area contributed by atoms with Gasteiger partial charge in [-0.15, -0.1) is 10.2 Å². The summed E-state index contributed by atoms with van der Waals surface area (Å²) in [5.41, 5.74) is 0.000307. The maximum Gasteiger partial charge on any atom is 0.270 e. The molecule has 10 heteroatoms. The molecule has 1 aromatic heterocycles. The highest BCUT2D eigenvalue weighted by molar-refractivity contribution is 7.15. The molecule has 0 saturated carbocycles. The van der Waals surface area contributed by atoms with E-state index in [2.05, 4.69) is 15.5 Å². The Morgan fingerprint density at radius 1 is 1.23 bits per heavy atom. The Hall–Kier alpha value is -3.04. The number of halogens is 1. The Kier molecular flexibility index (Phi) is 5.40. The molecule has 0 aliphatic rings. The number of anilines is 1. The minimum absolute atomic E-state index is 0.160. The molecule has 0 radical (unpaired) electrons. The molecule has 0 bridgehead atoms. The molecule has 0 saturated heterocycles. The van der Waals surface area contributed by atoms with E-state index in [4.69, 9.17) is 16.3 Å². The van der Waals surface area contributed by atoms with Gasteiger partial charge in [-0.1, -0.05) is 29.0 Å². The summed E-state index contributed by atoms with van der Waals surface area (Å²) in [6.07, 6.45) is 0. The van der Waals surface area contributed by atoms with Crippen LogP contribution in [0, 0.1) is 10.1 Å². The second kappa shape index (κ2) is 7.89. The lowest BCUT2D eigenvalue weighted by molar-refractivity contribution is -0.384. The number of nitrogens with zero attached hydrogens (tertiary/aromatic N) is 3. The van der Waals surface area contributed by atoms with Crippen molar-refractivity contribution in [1.29, 1.82) is 0 Å². The summed E-state index contributed by atoms with van der Waals surface area (Å²) in [6.45, 7) is 0.186. The molecule has 0 aliphatic carbocycles. The van der Waals surface area contributed by atoms with Crippen LogP contribution in [0.25, 0.3) is 0 Å². The lowest BCUT2D eigenvalue weighted by Gasteiger charge is -2.03. The predicted molar refractivity (Wildman–Crippen MR) is 96.7 cm³/mol. The Bertz CT molecular complexity index is 945. The van der Waals surface area contributed by atoms with E-state index in [1.165, 1.54) is 24.3 Å². The zero-order chi connectivity index (χ0) is 18.5. The van der Waals surface area contributed by atoms with E-state index >= 15 is 0 Å². The Morgan fingerprint density at radius 2 is 2.00 bits per heavy atom. The second-order valence-corrected chi connectivity index (χ2v) is 6.50. The summed E-state index contributed by atoms with van der Waals surface area (Å²) in [5, 5.41) is 22.6. The standard InChI is InChI=1S/C16H11ClN4O4S/c17-11-4-6-13(7-5-11)25-9-14-19-20-16(26-14)18-15(22)10-2-1-3-12(8-10)21(23)24/h1-8H,9H2,(H,18,20,22). The van der Waals surface area contributed by atoms with Crippen LogP contribution in [0.15, 0.2) is 48.5 Å². The lowest BCUT2D eigenvalue weighted by atomic mass is 10.2. The number of nitro benzene ring substituents is 1. The first-order valence-corrected chi connectivity index (χ1v) is 8.47. The van der Waals surface area contributed by atoms with Crippen molar-refractivity contribution in [1.82, 2.24) is 10.2 Å². The highest BCUT2D eigenvalue weighted by Crippen LogP contribution is 2.21. The molecule has 0 fully saturated rings. The number of carbonyl (C=O) groups excluding carboxylic acids is 1. The molecule has 1 heterocycles. The van der Waals surface area contributed by atoms with Crippen LogP contribution in [0.3, 0.4) is 0 Å². The minimum Gasteiger partial charge on any atom is -0.486 e. The van der Waals surface area contributed by atoms with E-state index < -0.39 is 10.8 Å². The Labute approximate surface area is 156 Å². The summed E-state index contributed by atoms with van der Waals surface area (Å²) in [5.74, 6) is 0.127. The molecule has 8 nitrogen and oxygen atoms in total. The molecule has 2 aromatic carbocycles. The molecule has 0 spiro atoms. The van der Waals surface area contributed by atoms with Gasteiger partial charge in [0.15, 0.2) is 5.01 Å². The van der Waals surface area contributed by atoms with E-state index in [0.717, 1.165) is 11.3 Å². The van der Waals surface area contributed by atoms with E-state index in [9.17, 15) is 14.9 Å². The monoisotopic (exact) mass is 390 g/mol. The summed E-state index contributed by atoms with van der Waals surface area (Å²) in [6, 6.07) is 12.3. The fourth-order valence-electron chi connectivity index (χ4n) is 1.97. The number of benzene rings is 2. The van der Waals surface area contributed by atoms with E-state index in [0.29, 0.717) is 15.8 Å². The summed E-state index contributed by atoms with van der Waals surface area (Å²) in [4.78, 5) is 22.4. The molecule has 0 aliphatic heterocycles. The van der Waals surface area contributed by atoms with E-state index in [-0.39, 0.29) is 23.0 Å². The van der Waals surface area contributed by atoms with Gasteiger partial charge in [0.1, 0.15) is 12.4 Å². The number of carbonyl (C=O) groups is 1. The van der Waals surface area contributed by atoms with Gasteiger partial charge in [-0.2, -0.15) is 0 Å². The highest BCUT2D eigenvalue weighted by atomic mass is 35.5. The van der Waals surface area contributed by atoms with E-state index in [1.54, 1.807) is 24.3 Å². The van der Waals surface area contributed by atoms with Crippen molar-refractivity contribution >= 4 is 39.7 Å². The first-order valence-electron chi connectivity index (χ1n) is 7.28. The molecule has 1 N–H and O–H groups in total. The number of nitrogens with one attached hydrogen (secondary N) is 1. The van der Waals surface area contributed by atoms with Gasteiger partial charge < -0.3 is 4.74 Å². The highest BCUT2D eigenvalue weighted by Gasteiger charge is 2.14. The number of hydrogen-bond acceptors (Lipinski definition) is 7. The van der Waals surface area contributed by atoms with Gasteiger partial charge in [0, 0.05) is 22.7 Å². The van der Waals surface area contributed by atoms with Gasteiger partial charge in [-0.25, -0.2) is 0 Å². The number of hydrogen-bond donors (Lipinski definition) is 1. The third kappa shape index (κ3) is 4.52. The van der Waals surface area contributed by atoms with Crippen LogP contribution in [-0.4, -0.2) is 21.0 Å². The molecule has 1 amide bonds. The molecular weight excluding hydrogens is 380 g/mol. The molecule has 0 unspecified atom stereocenters. The van der Waals surface area contributed by atoms with Gasteiger partial charge in [-0.3, -0.25) is 20.2 Å². The first-order chi connectivity index (χ1) is 12.5. The van der Waals surface area contributed by atoms with Crippen molar-refractivity contribution in [3.8, 4) is 5.75 Å². The third-order valence-electron chi connectivity index (χ3n) is 3.18. The van der Waals surface area contributed by atoms with Crippen molar-refractivity contribution in [2.24, 2.45) is 0 Å². The SMILES string of the molecule is O=C(Nc1nnc(COc2ccc(Cl)cc2)s1)c1cccc([N+](=O)[O-])c1. The van der Waals surface area contributed by atoms with Crippen molar-refractivity contribution < 1.29 is 14.5 Å². The fourth-order valence-corrected chi connectivity index (χ4v) is 2.74. The Balaban J connectivity index is 1.61. The minimum atomic E-state index is -0.562. The molecule has 0 atom stereocenters. The molecule has 3 aromatic rings. The van der Waals surface area contributed by atoms with Crippen molar-refractivity contribution in [3.63, 3.8) is 0 Å². The zero-order valence-electron chi connectivity index (χ0n) is 13.1.